The molecule has 0 aliphatic rings. The molecule has 0 amide bonds. The Kier molecular flexibility index (Phi) is 3.90. The number of aliphatic hydroxyl groups excluding tert-OH is 1. The zero-order valence-electron chi connectivity index (χ0n) is 9.76. The minimum absolute atomic E-state index is 0.448. The fourth-order valence-corrected chi connectivity index (χ4v) is 1.61. The number of hydrogen-bond donors (Lipinski definition) is 2. The summed E-state index contributed by atoms with van der Waals surface area (Å²) in [6, 6.07) is 7.46. The Hall–Kier alpha value is -1.65. The average molecular weight is 232 g/mol. The van der Waals surface area contributed by atoms with Crippen molar-refractivity contribution < 1.29 is 9.52 Å². The predicted molar refractivity (Wildman–Crippen MR) is 64.3 cm³/mol. The zero-order valence-corrected chi connectivity index (χ0v) is 9.76. The van der Waals surface area contributed by atoms with Crippen molar-refractivity contribution in [1.29, 1.82) is 0 Å². The maximum Gasteiger partial charge on any atom is 0.133 e. The van der Waals surface area contributed by atoms with Crippen LogP contribution in [0.1, 0.15) is 23.1 Å². The normalized spacial score (nSPS) is 12.6. The van der Waals surface area contributed by atoms with E-state index < -0.39 is 6.10 Å². The van der Waals surface area contributed by atoms with Crippen molar-refractivity contribution in [2.75, 3.05) is 6.54 Å². The lowest BCUT2D eigenvalue weighted by Crippen LogP contribution is -2.21. The van der Waals surface area contributed by atoms with Crippen molar-refractivity contribution in [1.82, 2.24) is 10.3 Å². The van der Waals surface area contributed by atoms with Crippen molar-refractivity contribution in [2.45, 2.75) is 19.6 Å². The Labute approximate surface area is 100 Å². The Bertz CT molecular complexity index is 454. The van der Waals surface area contributed by atoms with Crippen LogP contribution in [0.4, 0.5) is 0 Å². The Balaban J connectivity index is 1.82. The standard InChI is InChI=1S/C13H16N2O2/c1-10-4-2-6-15-11(10)8-14-9-12(16)13-5-3-7-17-13/h2-7,12,14,16H,8-9H2,1H3. The van der Waals surface area contributed by atoms with Gasteiger partial charge in [0.2, 0.25) is 0 Å². The average Bonchev–Trinajstić information content (AvgIpc) is 2.85. The number of pyridine rings is 1. The van der Waals surface area contributed by atoms with Crippen LogP contribution < -0.4 is 5.32 Å². The summed E-state index contributed by atoms with van der Waals surface area (Å²) in [4.78, 5) is 4.27. The molecule has 4 heteroatoms. The number of nitrogens with zero attached hydrogens (tertiary/aromatic N) is 1. The summed E-state index contributed by atoms with van der Waals surface area (Å²) in [5, 5.41) is 12.9. The van der Waals surface area contributed by atoms with Gasteiger partial charge in [0.25, 0.3) is 0 Å². The summed E-state index contributed by atoms with van der Waals surface area (Å²) in [5.74, 6) is 0.579. The zero-order chi connectivity index (χ0) is 12.1. The number of aromatic nitrogens is 1. The van der Waals surface area contributed by atoms with Gasteiger partial charge in [0.05, 0.1) is 12.0 Å². The molecule has 2 heterocycles. The van der Waals surface area contributed by atoms with E-state index in [-0.39, 0.29) is 0 Å². The summed E-state index contributed by atoms with van der Waals surface area (Å²) in [7, 11) is 0. The van der Waals surface area contributed by atoms with Crippen molar-refractivity contribution in [3.8, 4) is 0 Å². The van der Waals surface area contributed by atoms with Crippen LogP contribution in [0.2, 0.25) is 0 Å². The van der Waals surface area contributed by atoms with Crippen LogP contribution in [0.15, 0.2) is 41.1 Å². The van der Waals surface area contributed by atoms with Gasteiger partial charge >= 0.3 is 0 Å². The fraction of sp³-hybridized carbons (Fsp3) is 0.308. The predicted octanol–water partition coefficient (Wildman–Crippen LogP) is 1.81. The van der Waals surface area contributed by atoms with E-state index in [1.54, 1.807) is 24.6 Å². The molecule has 1 unspecified atom stereocenters. The molecule has 0 saturated heterocycles. The fourth-order valence-electron chi connectivity index (χ4n) is 1.61. The second-order valence-corrected chi connectivity index (χ2v) is 3.93. The van der Waals surface area contributed by atoms with Crippen LogP contribution in [0.3, 0.4) is 0 Å². The van der Waals surface area contributed by atoms with Crippen LogP contribution >= 0.6 is 0 Å². The summed E-state index contributed by atoms with van der Waals surface area (Å²) in [6.45, 7) is 3.11. The molecule has 4 nitrogen and oxygen atoms in total. The van der Waals surface area contributed by atoms with Gasteiger partial charge in [0, 0.05) is 19.3 Å². The van der Waals surface area contributed by atoms with E-state index in [0.717, 1.165) is 11.3 Å². The van der Waals surface area contributed by atoms with Crippen LogP contribution in [-0.4, -0.2) is 16.6 Å². The van der Waals surface area contributed by atoms with Gasteiger partial charge in [0.15, 0.2) is 0 Å². The monoisotopic (exact) mass is 232 g/mol. The van der Waals surface area contributed by atoms with Gasteiger partial charge in [-0.25, -0.2) is 0 Å². The first kappa shape index (κ1) is 11.8. The summed E-state index contributed by atoms with van der Waals surface area (Å²) in [6.07, 6.45) is 2.71. The smallest absolute Gasteiger partial charge is 0.133 e. The maximum atomic E-state index is 9.78. The molecule has 2 rings (SSSR count). The SMILES string of the molecule is Cc1cccnc1CNCC(O)c1ccco1. The van der Waals surface area contributed by atoms with E-state index in [2.05, 4.69) is 10.3 Å². The largest absolute Gasteiger partial charge is 0.467 e. The first-order valence-electron chi connectivity index (χ1n) is 5.60. The topological polar surface area (TPSA) is 58.3 Å². The van der Waals surface area contributed by atoms with Gasteiger partial charge in [-0.15, -0.1) is 0 Å². The molecule has 1 atom stereocenters. The first-order valence-corrected chi connectivity index (χ1v) is 5.60. The minimum Gasteiger partial charge on any atom is -0.467 e. The number of hydrogen-bond acceptors (Lipinski definition) is 4. The molecule has 0 aliphatic carbocycles. The lowest BCUT2D eigenvalue weighted by molar-refractivity contribution is 0.147. The molecule has 0 spiro atoms. The van der Waals surface area contributed by atoms with Gasteiger partial charge in [-0.05, 0) is 30.7 Å². The van der Waals surface area contributed by atoms with E-state index in [4.69, 9.17) is 4.42 Å². The summed E-state index contributed by atoms with van der Waals surface area (Å²) >= 11 is 0. The minimum atomic E-state index is -0.617. The van der Waals surface area contributed by atoms with Crippen molar-refractivity contribution in [2.24, 2.45) is 0 Å². The van der Waals surface area contributed by atoms with Crippen LogP contribution in [0.5, 0.6) is 0 Å². The second-order valence-electron chi connectivity index (χ2n) is 3.93. The summed E-state index contributed by atoms with van der Waals surface area (Å²) < 4.78 is 5.12. The number of aryl methyl sites for hydroxylation is 1. The Morgan fingerprint density at radius 3 is 3.00 bits per heavy atom. The molecule has 2 aromatic rings. The van der Waals surface area contributed by atoms with Gasteiger partial charge in [-0.1, -0.05) is 6.07 Å². The maximum absolute atomic E-state index is 9.78. The second kappa shape index (κ2) is 5.61. The van der Waals surface area contributed by atoms with E-state index >= 15 is 0 Å². The van der Waals surface area contributed by atoms with E-state index in [1.165, 1.54) is 0 Å². The number of furan rings is 1. The van der Waals surface area contributed by atoms with Crippen molar-refractivity contribution >= 4 is 0 Å². The van der Waals surface area contributed by atoms with Crippen molar-refractivity contribution in [3.63, 3.8) is 0 Å². The molecule has 0 fully saturated rings. The summed E-state index contributed by atoms with van der Waals surface area (Å²) in [5.41, 5.74) is 2.15. The first-order chi connectivity index (χ1) is 8.27. The highest BCUT2D eigenvalue weighted by Crippen LogP contribution is 2.12. The van der Waals surface area contributed by atoms with Crippen LogP contribution in [0, 0.1) is 6.92 Å². The third kappa shape index (κ3) is 3.15. The number of aliphatic hydroxyl groups is 1. The molecule has 0 bridgehead atoms. The molecule has 2 aromatic heterocycles. The number of rotatable bonds is 5. The third-order valence-electron chi connectivity index (χ3n) is 2.62. The Morgan fingerprint density at radius 2 is 2.29 bits per heavy atom. The van der Waals surface area contributed by atoms with Gasteiger partial charge in [-0.3, -0.25) is 4.98 Å². The molecule has 17 heavy (non-hydrogen) atoms. The third-order valence-corrected chi connectivity index (χ3v) is 2.62. The molecule has 0 aliphatic heterocycles. The molecular formula is C13H16N2O2. The van der Waals surface area contributed by atoms with E-state index in [9.17, 15) is 5.11 Å². The van der Waals surface area contributed by atoms with E-state index in [0.29, 0.717) is 18.8 Å². The van der Waals surface area contributed by atoms with Gasteiger partial charge in [0.1, 0.15) is 11.9 Å². The highest BCUT2D eigenvalue weighted by atomic mass is 16.4. The lowest BCUT2D eigenvalue weighted by atomic mass is 10.2. The highest BCUT2D eigenvalue weighted by Gasteiger charge is 2.09. The van der Waals surface area contributed by atoms with E-state index in [1.807, 2.05) is 19.1 Å². The number of nitrogens with one attached hydrogen (secondary N) is 1. The molecule has 0 saturated carbocycles. The molecule has 2 N–H and O–H groups in total. The van der Waals surface area contributed by atoms with Gasteiger partial charge in [-0.2, -0.15) is 0 Å². The molecule has 0 aromatic carbocycles. The molecule has 90 valence electrons. The Morgan fingerprint density at radius 1 is 1.41 bits per heavy atom. The quantitative estimate of drug-likeness (QED) is 0.825. The molecule has 0 radical (unpaired) electrons. The van der Waals surface area contributed by atoms with Gasteiger partial charge < -0.3 is 14.8 Å². The van der Waals surface area contributed by atoms with Crippen LogP contribution in [-0.2, 0) is 6.54 Å². The van der Waals surface area contributed by atoms with Crippen LogP contribution in [0.25, 0.3) is 0 Å². The van der Waals surface area contributed by atoms with Crippen molar-refractivity contribution in [3.05, 3.63) is 53.7 Å². The molecular weight excluding hydrogens is 216 g/mol. The lowest BCUT2D eigenvalue weighted by Gasteiger charge is -2.10. The highest BCUT2D eigenvalue weighted by molar-refractivity contribution is 5.17.